The van der Waals surface area contributed by atoms with Crippen molar-refractivity contribution in [3.05, 3.63) is 41.4 Å². The van der Waals surface area contributed by atoms with Gasteiger partial charge in [0, 0.05) is 43.4 Å². The zero-order valence-electron chi connectivity index (χ0n) is 19.2. The van der Waals surface area contributed by atoms with Gasteiger partial charge in [-0.2, -0.15) is 0 Å². The summed E-state index contributed by atoms with van der Waals surface area (Å²) in [5.41, 5.74) is 2.11. The Labute approximate surface area is 203 Å². The lowest BCUT2D eigenvalue weighted by atomic mass is 9.99. The van der Waals surface area contributed by atoms with Crippen LogP contribution in [0.4, 0.5) is 5.82 Å². The molecule has 0 radical (unpaired) electrons. The summed E-state index contributed by atoms with van der Waals surface area (Å²) >= 11 is 0. The Morgan fingerprint density at radius 3 is 2.61 bits per heavy atom. The first-order chi connectivity index (χ1) is 14.6. The molecule has 1 saturated heterocycles. The number of hydrogen-bond donors (Lipinski definition) is 2. The Morgan fingerprint density at radius 2 is 1.97 bits per heavy atom. The maximum atomic E-state index is 5.51. The van der Waals surface area contributed by atoms with Gasteiger partial charge >= 0.3 is 0 Å². The Hall–Kier alpha value is -1.84. The largest absolute Gasteiger partial charge is 0.359 e. The van der Waals surface area contributed by atoms with Crippen LogP contribution in [0.5, 0.6) is 0 Å². The highest BCUT2D eigenvalue weighted by Gasteiger charge is 2.21. The number of aromatic nitrogens is 2. The van der Waals surface area contributed by atoms with E-state index in [9.17, 15) is 0 Å². The molecule has 0 bridgehead atoms. The Kier molecular flexibility index (Phi) is 10.6. The second-order valence-corrected chi connectivity index (χ2v) is 7.97. The van der Waals surface area contributed by atoms with Crippen molar-refractivity contribution in [1.29, 1.82) is 0 Å². The van der Waals surface area contributed by atoms with E-state index in [1.807, 2.05) is 13.0 Å². The third-order valence-corrected chi connectivity index (χ3v) is 5.75. The lowest BCUT2D eigenvalue weighted by molar-refractivity contribution is 0.372. The van der Waals surface area contributed by atoms with Crippen LogP contribution >= 0.6 is 24.0 Å². The van der Waals surface area contributed by atoms with Gasteiger partial charge in [0.2, 0.25) is 0 Å². The van der Waals surface area contributed by atoms with E-state index >= 15 is 0 Å². The number of rotatable bonds is 8. The predicted molar refractivity (Wildman–Crippen MR) is 137 cm³/mol. The third-order valence-electron chi connectivity index (χ3n) is 5.75. The van der Waals surface area contributed by atoms with Crippen molar-refractivity contribution in [3.63, 3.8) is 0 Å². The fourth-order valence-electron chi connectivity index (χ4n) is 3.93. The SMILES string of the molecule is CCNC(=NCc1cc(C(CC)CC)no1)NC1CCN(c2cccc(C)n2)CC1.I. The number of halogens is 1. The summed E-state index contributed by atoms with van der Waals surface area (Å²) in [6, 6.07) is 8.67. The molecule has 2 N–H and O–H groups in total. The van der Waals surface area contributed by atoms with Gasteiger partial charge in [0.05, 0.1) is 5.69 Å². The lowest BCUT2D eigenvalue weighted by Gasteiger charge is -2.34. The minimum Gasteiger partial charge on any atom is -0.359 e. The average Bonchev–Trinajstić information content (AvgIpc) is 3.22. The van der Waals surface area contributed by atoms with Gasteiger partial charge in [-0.15, -0.1) is 24.0 Å². The molecule has 0 aliphatic carbocycles. The number of piperidine rings is 1. The number of nitrogens with zero attached hydrogens (tertiary/aromatic N) is 4. The van der Waals surface area contributed by atoms with Gasteiger partial charge in [0.25, 0.3) is 0 Å². The fourth-order valence-corrected chi connectivity index (χ4v) is 3.93. The van der Waals surface area contributed by atoms with Crippen LogP contribution in [0.25, 0.3) is 0 Å². The van der Waals surface area contributed by atoms with Gasteiger partial charge in [-0.25, -0.2) is 9.98 Å². The first-order valence-electron chi connectivity index (χ1n) is 11.3. The van der Waals surface area contributed by atoms with E-state index in [1.54, 1.807) is 0 Å². The topological polar surface area (TPSA) is 78.6 Å². The summed E-state index contributed by atoms with van der Waals surface area (Å²) in [7, 11) is 0. The molecule has 3 heterocycles. The minimum atomic E-state index is 0. The molecule has 0 aromatic carbocycles. The van der Waals surface area contributed by atoms with Crippen LogP contribution in [0.3, 0.4) is 0 Å². The summed E-state index contributed by atoms with van der Waals surface area (Å²) in [5, 5.41) is 11.2. The third kappa shape index (κ3) is 7.36. The molecule has 172 valence electrons. The van der Waals surface area contributed by atoms with Gasteiger partial charge in [0.15, 0.2) is 11.7 Å². The number of guanidine groups is 1. The second-order valence-electron chi connectivity index (χ2n) is 7.97. The molecule has 0 atom stereocenters. The summed E-state index contributed by atoms with van der Waals surface area (Å²) in [6.45, 7) is 11.8. The smallest absolute Gasteiger partial charge is 0.191 e. The van der Waals surface area contributed by atoms with Crippen LogP contribution in [-0.4, -0.2) is 41.8 Å². The van der Waals surface area contributed by atoms with Crippen molar-refractivity contribution < 1.29 is 4.52 Å². The van der Waals surface area contributed by atoms with Crippen LogP contribution in [0.15, 0.2) is 33.8 Å². The van der Waals surface area contributed by atoms with Crippen LogP contribution < -0.4 is 15.5 Å². The standard InChI is InChI=1S/C23H36N6O.HI/c1-5-18(6-2)21-15-20(30-28-21)16-25-23(24-7-3)27-19-11-13-29(14-12-19)22-10-8-9-17(4)26-22;/h8-10,15,18-19H,5-7,11-14,16H2,1-4H3,(H2,24,25,27);1H. The molecule has 0 saturated carbocycles. The van der Waals surface area contributed by atoms with Crippen molar-refractivity contribution >= 4 is 35.8 Å². The molecular weight excluding hydrogens is 503 g/mol. The molecule has 2 aromatic heterocycles. The van der Waals surface area contributed by atoms with E-state index in [0.717, 1.165) is 74.2 Å². The zero-order chi connectivity index (χ0) is 21.3. The maximum Gasteiger partial charge on any atom is 0.191 e. The predicted octanol–water partition coefficient (Wildman–Crippen LogP) is 4.62. The normalized spacial score (nSPS) is 15.1. The number of nitrogens with one attached hydrogen (secondary N) is 2. The number of aliphatic imine (C=N–C) groups is 1. The van der Waals surface area contributed by atoms with Crippen molar-refractivity contribution in [2.45, 2.75) is 71.9 Å². The quantitative estimate of drug-likeness (QED) is 0.289. The van der Waals surface area contributed by atoms with Crippen LogP contribution in [-0.2, 0) is 6.54 Å². The van der Waals surface area contributed by atoms with Crippen LogP contribution in [0.1, 0.15) is 69.5 Å². The number of aryl methyl sites for hydroxylation is 1. The van der Waals surface area contributed by atoms with E-state index in [1.165, 1.54) is 0 Å². The summed E-state index contributed by atoms with van der Waals surface area (Å²) in [6.07, 6.45) is 4.27. The molecule has 0 amide bonds. The Morgan fingerprint density at radius 1 is 1.23 bits per heavy atom. The molecule has 2 aromatic rings. The van der Waals surface area contributed by atoms with Crippen LogP contribution in [0, 0.1) is 6.92 Å². The molecule has 1 fully saturated rings. The van der Waals surface area contributed by atoms with E-state index in [2.05, 4.69) is 64.6 Å². The monoisotopic (exact) mass is 540 g/mol. The zero-order valence-corrected chi connectivity index (χ0v) is 21.6. The lowest BCUT2D eigenvalue weighted by Crippen LogP contribution is -2.48. The Bertz CT molecular complexity index is 812. The molecule has 7 nitrogen and oxygen atoms in total. The van der Waals surface area contributed by atoms with Crippen molar-refractivity contribution in [1.82, 2.24) is 20.8 Å². The highest BCUT2D eigenvalue weighted by atomic mass is 127. The van der Waals surface area contributed by atoms with E-state index in [4.69, 9.17) is 9.52 Å². The van der Waals surface area contributed by atoms with E-state index in [-0.39, 0.29) is 24.0 Å². The van der Waals surface area contributed by atoms with Crippen molar-refractivity contribution in [2.24, 2.45) is 4.99 Å². The van der Waals surface area contributed by atoms with E-state index < -0.39 is 0 Å². The highest BCUT2D eigenvalue weighted by Crippen LogP contribution is 2.22. The summed E-state index contributed by atoms with van der Waals surface area (Å²) in [4.78, 5) is 11.7. The van der Waals surface area contributed by atoms with Crippen molar-refractivity contribution in [2.75, 3.05) is 24.5 Å². The highest BCUT2D eigenvalue weighted by molar-refractivity contribution is 14.0. The average molecular weight is 540 g/mol. The molecule has 1 aliphatic rings. The minimum absolute atomic E-state index is 0. The second kappa shape index (κ2) is 12.9. The first-order valence-corrected chi connectivity index (χ1v) is 11.3. The number of pyridine rings is 1. The molecule has 0 spiro atoms. The molecule has 8 heteroatoms. The van der Waals surface area contributed by atoms with Gasteiger partial charge in [-0.05, 0) is 51.7 Å². The maximum absolute atomic E-state index is 5.51. The fraction of sp³-hybridized carbons (Fsp3) is 0.609. The summed E-state index contributed by atoms with van der Waals surface area (Å²) in [5.74, 6) is 3.19. The molecule has 0 unspecified atom stereocenters. The Balaban J connectivity index is 0.00000341. The van der Waals surface area contributed by atoms with Gasteiger partial charge in [-0.3, -0.25) is 0 Å². The molecule has 31 heavy (non-hydrogen) atoms. The molecule has 3 rings (SSSR count). The number of anilines is 1. The summed E-state index contributed by atoms with van der Waals surface area (Å²) < 4.78 is 5.51. The first kappa shape index (κ1) is 25.4. The number of hydrogen-bond acceptors (Lipinski definition) is 5. The van der Waals surface area contributed by atoms with Gasteiger partial charge in [-0.1, -0.05) is 25.1 Å². The van der Waals surface area contributed by atoms with Crippen molar-refractivity contribution in [3.8, 4) is 0 Å². The molecule has 1 aliphatic heterocycles. The van der Waals surface area contributed by atoms with E-state index in [0.29, 0.717) is 18.5 Å². The van der Waals surface area contributed by atoms with Crippen LogP contribution in [0.2, 0.25) is 0 Å². The van der Waals surface area contributed by atoms with Gasteiger partial charge in [0.1, 0.15) is 12.4 Å². The van der Waals surface area contributed by atoms with Gasteiger partial charge < -0.3 is 20.1 Å². The molecular formula is C23H37IN6O.